The van der Waals surface area contributed by atoms with Crippen molar-refractivity contribution in [1.29, 1.82) is 0 Å². The minimum Gasteiger partial charge on any atom is -0.370 e. The molecule has 3 rings (SSSR count). The third-order valence-corrected chi connectivity index (χ3v) is 4.00. The summed E-state index contributed by atoms with van der Waals surface area (Å²) < 4.78 is 1.62. The molecule has 0 atom stereocenters. The van der Waals surface area contributed by atoms with E-state index >= 15 is 0 Å². The quantitative estimate of drug-likeness (QED) is 0.787. The van der Waals surface area contributed by atoms with Crippen molar-refractivity contribution in [3.63, 3.8) is 0 Å². The van der Waals surface area contributed by atoms with Gasteiger partial charge in [0.2, 0.25) is 0 Å². The van der Waals surface area contributed by atoms with Crippen LogP contribution in [-0.2, 0) is 6.54 Å². The van der Waals surface area contributed by atoms with Gasteiger partial charge in [0.25, 0.3) is 5.56 Å². The van der Waals surface area contributed by atoms with Crippen LogP contribution in [0.3, 0.4) is 0 Å². The van der Waals surface area contributed by atoms with Crippen LogP contribution in [0.1, 0.15) is 18.9 Å². The highest BCUT2D eigenvalue weighted by atomic mass is 32.1. The van der Waals surface area contributed by atoms with Crippen molar-refractivity contribution in [2.75, 3.05) is 11.9 Å². The van der Waals surface area contributed by atoms with Crippen molar-refractivity contribution in [2.24, 2.45) is 0 Å². The summed E-state index contributed by atoms with van der Waals surface area (Å²) in [7, 11) is 0. The molecule has 0 spiro atoms. The molecule has 0 radical (unpaired) electrons. The largest absolute Gasteiger partial charge is 0.370 e. The number of pyridine rings is 1. The van der Waals surface area contributed by atoms with Crippen molar-refractivity contribution in [3.05, 3.63) is 52.0 Å². The molecule has 0 unspecified atom stereocenters. The number of nitrogens with one attached hydrogen (secondary N) is 1. The Bertz CT molecular complexity index is 791. The summed E-state index contributed by atoms with van der Waals surface area (Å²) in [6.45, 7) is 3.50. The van der Waals surface area contributed by atoms with Gasteiger partial charge in [0, 0.05) is 12.7 Å². The predicted molar refractivity (Wildman–Crippen MR) is 86.0 cm³/mol. The summed E-state index contributed by atoms with van der Waals surface area (Å²) >= 11 is 1.48. The Kier molecular flexibility index (Phi) is 3.96. The monoisotopic (exact) mass is 300 g/mol. The Morgan fingerprint density at radius 1 is 1.29 bits per heavy atom. The van der Waals surface area contributed by atoms with Gasteiger partial charge in [0.1, 0.15) is 10.6 Å². The van der Waals surface area contributed by atoms with Gasteiger partial charge in [-0.1, -0.05) is 13.0 Å². The van der Waals surface area contributed by atoms with Crippen LogP contribution in [0, 0.1) is 0 Å². The van der Waals surface area contributed by atoms with Gasteiger partial charge in [-0.2, -0.15) is 0 Å². The molecule has 0 aromatic carbocycles. The van der Waals surface area contributed by atoms with Crippen LogP contribution in [0.4, 0.5) is 5.82 Å². The highest BCUT2D eigenvalue weighted by Crippen LogP contribution is 2.14. The van der Waals surface area contributed by atoms with Gasteiger partial charge in [-0.05, 0) is 29.5 Å². The minimum atomic E-state index is -0.00515. The Hall–Kier alpha value is -2.21. The summed E-state index contributed by atoms with van der Waals surface area (Å²) in [6, 6.07) is 5.74. The van der Waals surface area contributed by atoms with Gasteiger partial charge in [-0.3, -0.25) is 9.36 Å². The molecule has 21 heavy (non-hydrogen) atoms. The van der Waals surface area contributed by atoms with Gasteiger partial charge < -0.3 is 5.32 Å². The number of rotatable bonds is 5. The number of nitrogens with zero attached hydrogens (tertiary/aromatic N) is 3. The zero-order valence-corrected chi connectivity index (χ0v) is 12.6. The first-order valence-corrected chi connectivity index (χ1v) is 7.77. The standard InChI is InChI=1S/C15H16N4OS/c1-2-6-16-13-4-3-11(8-17-13)9-19-10-18-14-12(15(19)20)5-7-21-14/h3-5,7-8,10H,2,6,9H2,1H3,(H,16,17). The fraction of sp³-hybridized carbons (Fsp3) is 0.267. The smallest absolute Gasteiger partial charge is 0.262 e. The number of thiophene rings is 1. The third-order valence-electron chi connectivity index (χ3n) is 3.18. The lowest BCUT2D eigenvalue weighted by molar-refractivity contribution is 0.746. The number of fused-ring (bicyclic) bond motifs is 1. The van der Waals surface area contributed by atoms with E-state index in [1.165, 1.54) is 11.3 Å². The number of hydrogen-bond acceptors (Lipinski definition) is 5. The molecule has 0 aliphatic rings. The van der Waals surface area contributed by atoms with E-state index in [-0.39, 0.29) is 5.56 Å². The van der Waals surface area contributed by atoms with E-state index in [2.05, 4.69) is 22.2 Å². The summed E-state index contributed by atoms with van der Waals surface area (Å²) in [5, 5.41) is 5.79. The Balaban J connectivity index is 1.81. The van der Waals surface area contributed by atoms with Gasteiger partial charge in [-0.15, -0.1) is 11.3 Å². The average molecular weight is 300 g/mol. The Morgan fingerprint density at radius 2 is 2.19 bits per heavy atom. The first kappa shape index (κ1) is 13.8. The van der Waals surface area contributed by atoms with Crippen molar-refractivity contribution in [1.82, 2.24) is 14.5 Å². The number of hydrogen-bond donors (Lipinski definition) is 1. The van der Waals surface area contributed by atoms with E-state index in [0.29, 0.717) is 11.9 Å². The molecule has 5 nitrogen and oxygen atoms in total. The van der Waals surface area contributed by atoms with Crippen LogP contribution in [0.5, 0.6) is 0 Å². The molecule has 0 fully saturated rings. The second-order valence-corrected chi connectivity index (χ2v) is 5.69. The molecular formula is C15H16N4OS. The van der Waals surface area contributed by atoms with Gasteiger partial charge in [-0.25, -0.2) is 9.97 Å². The molecule has 1 N–H and O–H groups in total. The van der Waals surface area contributed by atoms with E-state index in [4.69, 9.17) is 0 Å². The van der Waals surface area contributed by atoms with Crippen LogP contribution in [0.25, 0.3) is 10.2 Å². The molecule has 0 amide bonds. The Labute approximate surface area is 126 Å². The second-order valence-electron chi connectivity index (χ2n) is 4.80. The first-order chi connectivity index (χ1) is 10.3. The molecule has 6 heteroatoms. The van der Waals surface area contributed by atoms with E-state index in [1.54, 1.807) is 17.1 Å². The fourth-order valence-electron chi connectivity index (χ4n) is 2.08. The lowest BCUT2D eigenvalue weighted by atomic mass is 10.2. The lowest BCUT2D eigenvalue weighted by Crippen LogP contribution is -2.20. The normalized spacial score (nSPS) is 10.9. The van der Waals surface area contributed by atoms with E-state index in [9.17, 15) is 4.79 Å². The van der Waals surface area contributed by atoms with Crippen LogP contribution in [0.2, 0.25) is 0 Å². The third kappa shape index (κ3) is 2.95. The van der Waals surface area contributed by atoms with Gasteiger partial charge >= 0.3 is 0 Å². The topological polar surface area (TPSA) is 59.8 Å². The number of aromatic nitrogens is 3. The maximum Gasteiger partial charge on any atom is 0.262 e. The van der Waals surface area contributed by atoms with E-state index in [1.807, 2.05) is 23.6 Å². The minimum absolute atomic E-state index is 0.00515. The summed E-state index contributed by atoms with van der Waals surface area (Å²) in [4.78, 5) is 21.7. The lowest BCUT2D eigenvalue weighted by Gasteiger charge is -2.07. The molecule has 3 aromatic rings. The van der Waals surface area contributed by atoms with Crippen molar-refractivity contribution < 1.29 is 0 Å². The van der Waals surface area contributed by atoms with Gasteiger partial charge in [0.15, 0.2) is 0 Å². The molecule has 108 valence electrons. The molecule has 3 aromatic heterocycles. The Morgan fingerprint density at radius 3 is 2.95 bits per heavy atom. The average Bonchev–Trinajstić information content (AvgIpc) is 2.99. The van der Waals surface area contributed by atoms with Crippen LogP contribution >= 0.6 is 11.3 Å². The molecular weight excluding hydrogens is 284 g/mol. The van der Waals surface area contributed by atoms with Crippen LogP contribution in [-0.4, -0.2) is 21.1 Å². The molecule has 3 heterocycles. The zero-order chi connectivity index (χ0) is 14.7. The van der Waals surface area contributed by atoms with Crippen molar-refractivity contribution in [3.8, 4) is 0 Å². The van der Waals surface area contributed by atoms with Crippen LogP contribution < -0.4 is 10.9 Å². The molecule has 0 aliphatic heterocycles. The summed E-state index contributed by atoms with van der Waals surface area (Å²) in [6.07, 6.45) is 4.46. The fourth-order valence-corrected chi connectivity index (χ4v) is 2.80. The van der Waals surface area contributed by atoms with Gasteiger partial charge in [0.05, 0.1) is 18.3 Å². The molecule has 0 saturated carbocycles. The maximum atomic E-state index is 12.3. The molecule has 0 bridgehead atoms. The van der Waals surface area contributed by atoms with Crippen LogP contribution in [0.15, 0.2) is 40.9 Å². The number of anilines is 1. The maximum absolute atomic E-state index is 12.3. The van der Waals surface area contributed by atoms with E-state index in [0.717, 1.165) is 29.2 Å². The van der Waals surface area contributed by atoms with Crippen molar-refractivity contribution >= 4 is 27.4 Å². The SMILES string of the molecule is CCCNc1ccc(Cn2cnc3sccc3c2=O)cn1. The van der Waals surface area contributed by atoms with E-state index < -0.39 is 0 Å². The molecule has 0 saturated heterocycles. The summed E-state index contributed by atoms with van der Waals surface area (Å²) in [5.41, 5.74) is 0.977. The van der Waals surface area contributed by atoms with Crippen molar-refractivity contribution in [2.45, 2.75) is 19.9 Å². The zero-order valence-electron chi connectivity index (χ0n) is 11.7. The molecule has 0 aliphatic carbocycles. The highest BCUT2D eigenvalue weighted by molar-refractivity contribution is 7.16. The highest BCUT2D eigenvalue weighted by Gasteiger charge is 2.05. The first-order valence-electron chi connectivity index (χ1n) is 6.89. The predicted octanol–water partition coefficient (Wildman–Crippen LogP) is 2.72. The summed E-state index contributed by atoms with van der Waals surface area (Å²) in [5.74, 6) is 0.861. The second kappa shape index (κ2) is 6.05.